The maximum atomic E-state index is 13.7. The molecular weight excluding hydrogens is 474 g/mol. The monoisotopic (exact) mass is 507 g/mol. The number of para-hydroxylation sites is 1. The van der Waals surface area contributed by atoms with Gasteiger partial charge in [0.15, 0.2) is 11.0 Å². The number of H-pyrrole nitrogens is 1. The summed E-state index contributed by atoms with van der Waals surface area (Å²) in [5.74, 6) is 0.471. The third kappa shape index (κ3) is 5.12. The van der Waals surface area contributed by atoms with Crippen LogP contribution in [0.3, 0.4) is 0 Å². The molecular formula is C25H33N9OS. The molecule has 0 bridgehead atoms. The second-order valence-electron chi connectivity index (χ2n) is 9.39. The van der Waals surface area contributed by atoms with Gasteiger partial charge in [-0.1, -0.05) is 42.9 Å². The minimum absolute atomic E-state index is 0.0809. The fourth-order valence-electron chi connectivity index (χ4n) is 4.52. The Morgan fingerprint density at radius 1 is 1.22 bits per heavy atom. The number of aryl methyl sites for hydroxylation is 1. The van der Waals surface area contributed by atoms with Crippen LogP contribution >= 0.6 is 11.3 Å². The normalized spacial score (nSPS) is 15.5. The van der Waals surface area contributed by atoms with E-state index in [2.05, 4.69) is 61.3 Å². The quantitative estimate of drug-likeness (QED) is 0.371. The van der Waals surface area contributed by atoms with Crippen LogP contribution in [0.15, 0.2) is 36.7 Å². The van der Waals surface area contributed by atoms with Crippen molar-refractivity contribution in [2.45, 2.75) is 38.8 Å². The van der Waals surface area contributed by atoms with Crippen LogP contribution in [0.25, 0.3) is 10.9 Å². The predicted molar refractivity (Wildman–Crippen MR) is 141 cm³/mol. The van der Waals surface area contributed by atoms with Gasteiger partial charge in [0.05, 0.1) is 18.8 Å². The Hall–Kier alpha value is -3.31. The number of unbranched alkanes of at least 4 members (excludes halogenated alkanes) is 1. The lowest BCUT2D eigenvalue weighted by Crippen LogP contribution is -2.44. The maximum absolute atomic E-state index is 13.7. The molecule has 36 heavy (non-hydrogen) atoms. The summed E-state index contributed by atoms with van der Waals surface area (Å²) in [7, 11) is 3.95. The number of amides is 1. The van der Waals surface area contributed by atoms with E-state index >= 15 is 0 Å². The van der Waals surface area contributed by atoms with Crippen molar-refractivity contribution in [3.05, 3.63) is 52.9 Å². The highest BCUT2D eigenvalue weighted by Crippen LogP contribution is 2.30. The molecule has 1 unspecified atom stereocenters. The van der Waals surface area contributed by atoms with Crippen molar-refractivity contribution in [2.24, 2.45) is 0 Å². The molecule has 10 nitrogen and oxygen atoms in total. The van der Waals surface area contributed by atoms with Gasteiger partial charge in [0, 0.05) is 56.7 Å². The zero-order valence-electron chi connectivity index (χ0n) is 21.1. The largest absolute Gasteiger partial charge is 0.361 e. The summed E-state index contributed by atoms with van der Waals surface area (Å²) in [6.07, 6.45) is 6.32. The molecule has 1 fully saturated rings. The number of nitrogens with zero attached hydrogens (tertiary/aromatic N) is 8. The Bertz CT molecular complexity index is 1300. The van der Waals surface area contributed by atoms with Crippen LogP contribution < -0.4 is 4.90 Å². The fourth-order valence-corrected chi connectivity index (χ4v) is 5.47. The number of aromatic amines is 1. The van der Waals surface area contributed by atoms with E-state index < -0.39 is 0 Å². The summed E-state index contributed by atoms with van der Waals surface area (Å²) in [5, 5.41) is 15.3. The van der Waals surface area contributed by atoms with Crippen LogP contribution in [0.1, 0.15) is 46.9 Å². The Morgan fingerprint density at radius 2 is 2.03 bits per heavy atom. The molecule has 4 heterocycles. The molecule has 0 saturated carbocycles. The molecule has 0 spiro atoms. The van der Waals surface area contributed by atoms with Gasteiger partial charge in [-0.2, -0.15) is 4.80 Å². The minimum atomic E-state index is -0.360. The number of carbonyl (C=O) groups is 1. The van der Waals surface area contributed by atoms with Gasteiger partial charge in [-0.25, -0.2) is 4.98 Å². The van der Waals surface area contributed by atoms with Gasteiger partial charge in [-0.15, -0.1) is 10.2 Å². The number of aromatic nitrogens is 6. The van der Waals surface area contributed by atoms with Crippen LogP contribution in [0.5, 0.6) is 0 Å². The number of carbonyl (C=O) groups excluding carboxylic acids is 1. The molecule has 1 saturated heterocycles. The molecule has 11 heteroatoms. The first-order valence-corrected chi connectivity index (χ1v) is 13.3. The predicted octanol–water partition coefficient (Wildman–Crippen LogP) is 3.22. The Kier molecular flexibility index (Phi) is 7.28. The number of piperazine rings is 1. The highest BCUT2D eigenvalue weighted by Gasteiger charge is 2.30. The summed E-state index contributed by atoms with van der Waals surface area (Å²) in [6, 6.07) is 7.83. The molecule has 3 aromatic heterocycles. The van der Waals surface area contributed by atoms with Crippen molar-refractivity contribution in [1.29, 1.82) is 0 Å². The van der Waals surface area contributed by atoms with Crippen molar-refractivity contribution in [2.75, 3.05) is 45.2 Å². The van der Waals surface area contributed by atoms with E-state index in [1.807, 2.05) is 25.4 Å². The van der Waals surface area contributed by atoms with Gasteiger partial charge >= 0.3 is 0 Å². The first-order chi connectivity index (χ1) is 17.5. The molecule has 5 rings (SSSR count). The minimum Gasteiger partial charge on any atom is -0.361 e. The van der Waals surface area contributed by atoms with E-state index in [1.165, 1.54) is 11.3 Å². The van der Waals surface area contributed by atoms with Crippen LogP contribution in [-0.2, 0) is 13.0 Å². The number of tetrazole rings is 1. The van der Waals surface area contributed by atoms with Crippen molar-refractivity contribution in [1.82, 2.24) is 40.0 Å². The van der Waals surface area contributed by atoms with Gasteiger partial charge in [0.1, 0.15) is 4.88 Å². The zero-order chi connectivity index (χ0) is 25.1. The Balaban J connectivity index is 1.40. The number of fused-ring (bicyclic) bond motifs is 1. The second-order valence-corrected chi connectivity index (χ2v) is 10.4. The number of nitrogens with one attached hydrogen (secondary N) is 1. The molecule has 1 amide bonds. The van der Waals surface area contributed by atoms with Gasteiger partial charge < -0.3 is 19.7 Å². The van der Waals surface area contributed by atoms with E-state index in [1.54, 1.807) is 15.9 Å². The average molecular weight is 508 g/mol. The lowest BCUT2D eigenvalue weighted by molar-refractivity contribution is 0.0727. The highest BCUT2D eigenvalue weighted by molar-refractivity contribution is 7.17. The van der Waals surface area contributed by atoms with Crippen molar-refractivity contribution >= 4 is 33.3 Å². The van der Waals surface area contributed by atoms with Crippen LogP contribution in [0.4, 0.5) is 5.13 Å². The lowest BCUT2D eigenvalue weighted by atomic mass is 10.0. The number of likely N-dealkylation sites (N-methyl/N-ethyl adjacent to an activating group) is 2. The van der Waals surface area contributed by atoms with E-state index in [-0.39, 0.29) is 11.9 Å². The first kappa shape index (κ1) is 24.4. The molecule has 1 aromatic carbocycles. The van der Waals surface area contributed by atoms with Crippen molar-refractivity contribution in [3.8, 4) is 0 Å². The first-order valence-electron chi connectivity index (χ1n) is 12.5. The number of anilines is 1. The van der Waals surface area contributed by atoms with Crippen molar-refractivity contribution < 1.29 is 4.79 Å². The average Bonchev–Trinajstić information content (AvgIpc) is 3.66. The summed E-state index contributed by atoms with van der Waals surface area (Å²) in [6.45, 7) is 6.67. The zero-order valence-corrected chi connectivity index (χ0v) is 21.9. The molecule has 1 N–H and O–H groups in total. The number of hydrogen-bond donors (Lipinski definition) is 1. The van der Waals surface area contributed by atoms with Crippen LogP contribution in [-0.4, -0.2) is 86.2 Å². The second kappa shape index (κ2) is 10.8. The van der Waals surface area contributed by atoms with E-state index in [9.17, 15) is 4.79 Å². The topological polar surface area (TPSA) is 99.1 Å². The highest BCUT2D eigenvalue weighted by atomic mass is 32.1. The molecule has 190 valence electrons. The Labute approximate surface area is 214 Å². The maximum Gasteiger partial charge on any atom is 0.266 e. The summed E-state index contributed by atoms with van der Waals surface area (Å²) in [4.78, 5) is 30.1. The van der Waals surface area contributed by atoms with Gasteiger partial charge in [-0.05, 0) is 30.3 Å². The SMILES string of the molecule is CCCCn1nnc(C(Cc2c[nH]c3ccccc23)N(C)C(=O)c2cnc(N3CCN(C)CC3)s2)n1. The summed E-state index contributed by atoms with van der Waals surface area (Å²) in [5.41, 5.74) is 2.18. The number of thiazole rings is 1. The van der Waals surface area contributed by atoms with Gasteiger partial charge in [0.25, 0.3) is 5.91 Å². The fraction of sp³-hybridized carbons (Fsp3) is 0.480. The van der Waals surface area contributed by atoms with Crippen molar-refractivity contribution in [3.63, 3.8) is 0 Å². The molecule has 0 radical (unpaired) electrons. The summed E-state index contributed by atoms with van der Waals surface area (Å²) < 4.78 is 0. The molecule has 1 aliphatic rings. The van der Waals surface area contributed by atoms with Crippen LogP contribution in [0.2, 0.25) is 0 Å². The van der Waals surface area contributed by atoms with E-state index in [0.717, 1.165) is 60.6 Å². The number of rotatable bonds is 9. The van der Waals surface area contributed by atoms with Gasteiger partial charge in [-0.3, -0.25) is 4.79 Å². The molecule has 4 aromatic rings. The summed E-state index contributed by atoms with van der Waals surface area (Å²) >= 11 is 1.45. The lowest BCUT2D eigenvalue weighted by Gasteiger charge is -2.32. The Morgan fingerprint density at radius 3 is 2.83 bits per heavy atom. The molecule has 1 aliphatic heterocycles. The number of benzene rings is 1. The molecule has 1 atom stereocenters. The smallest absolute Gasteiger partial charge is 0.266 e. The number of hydrogen-bond acceptors (Lipinski definition) is 8. The van der Waals surface area contributed by atoms with E-state index in [4.69, 9.17) is 0 Å². The standard InChI is InChI=1S/C25H33N9OS/c1-4-5-10-34-29-23(28-30-34)21(15-18-16-26-20-9-7-6-8-19(18)20)32(3)24(35)22-17-27-25(36-22)33-13-11-31(2)12-14-33/h6-9,16-17,21,26H,4-5,10-15H2,1-3H3. The molecule has 0 aliphatic carbocycles. The third-order valence-corrected chi connectivity index (χ3v) is 7.88. The van der Waals surface area contributed by atoms with E-state index in [0.29, 0.717) is 23.7 Å². The van der Waals surface area contributed by atoms with Gasteiger partial charge in [0.2, 0.25) is 0 Å². The van der Waals surface area contributed by atoms with Crippen LogP contribution in [0, 0.1) is 0 Å². The third-order valence-electron chi connectivity index (χ3n) is 6.83.